The number of hydrogen-bond acceptors (Lipinski definition) is 5. The molecule has 1 atom stereocenters. The largest absolute Gasteiger partial charge is 0.337 e. The first-order valence-corrected chi connectivity index (χ1v) is 7.01. The number of carbonyl (C=O) groups excluding carboxylic acids is 1. The van der Waals surface area contributed by atoms with Crippen molar-refractivity contribution >= 4 is 5.91 Å². The molecule has 1 saturated heterocycles. The Kier molecular flexibility index (Phi) is 4.52. The monoisotopic (exact) mass is 266 g/mol. The average molecular weight is 266 g/mol. The van der Waals surface area contributed by atoms with Crippen molar-refractivity contribution in [1.29, 1.82) is 0 Å². The molecule has 19 heavy (non-hydrogen) atoms. The Labute approximate surface area is 113 Å². The smallest absolute Gasteiger partial charge is 0.295 e. The van der Waals surface area contributed by atoms with Crippen LogP contribution in [0.5, 0.6) is 0 Å². The Hall–Kier alpha value is -1.43. The van der Waals surface area contributed by atoms with Gasteiger partial charge in [0.2, 0.25) is 5.89 Å². The maximum Gasteiger partial charge on any atom is 0.295 e. The van der Waals surface area contributed by atoms with Crippen molar-refractivity contribution in [3.05, 3.63) is 11.7 Å². The van der Waals surface area contributed by atoms with E-state index in [9.17, 15) is 4.79 Å². The van der Waals surface area contributed by atoms with E-state index in [0.29, 0.717) is 5.89 Å². The quantitative estimate of drug-likeness (QED) is 0.879. The fraction of sp³-hybridized carbons (Fsp3) is 0.769. The molecule has 1 unspecified atom stereocenters. The molecule has 1 N–H and O–H groups in total. The molecule has 1 aliphatic heterocycles. The number of carbonyl (C=O) groups is 1. The van der Waals surface area contributed by atoms with Crippen LogP contribution in [0.4, 0.5) is 0 Å². The molecule has 0 saturated carbocycles. The summed E-state index contributed by atoms with van der Waals surface area (Å²) in [7, 11) is 1.80. The molecule has 6 nitrogen and oxygen atoms in total. The normalized spacial score (nSPS) is 19.1. The molecule has 1 aromatic rings. The molecule has 0 radical (unpaired) electrons. The first kappa shape index (κ1) is 14.0. The van der Waals surface area contributed by atoms with E-state index in [1.165, 1.54) is 0 Å². The third-order valence-corrected chi connectivity index (χ3v) is 3.80. The fourth-order valence-electron chi connectivity index (χ4n) is 2.52. The minimum Gasteiger partial charge on any atom is -0.337 e. The summed E-state index contributed by atoms with van der Waals surface area (Å²) in [5.41, 5.74) is 0. The van der Waals surface area contributed by atoms with Crippen molar-refractivity contribution in [2.45, 2.75) is 51.6 Å². The standard InChI is InChI=1S/C13H22N4O2/c1-4-9(5-2)17(3)13(18)11-15-12(19-16-11)10-7-6-8-14-10/h9-10,14H,4-8H2,1-3H3. The zero-order valence-corrected chi connectivity index (χ0v) is 11.8. The molecule has 0 aromatic carbocycles. The Morgan fingerprint density at radius 3 is 2.84 bits per heavy atom. The number of hydrogen-bond donors (Lipinski definition) is 1. The van der Waals surface area contributed by atoms with Gasteiger partial charge in [-0.05, 0) is 32.2 Å². The highest BCUT2D eigenvalue weighted by Gasteiger charge is 2.27. The first-order chi connectivity index (χ1) is 9.17. The molecule has 1 aromatic heterocycles. The van der Waals surface area contributed by atoms with Crippen molar-refractivity contribution in [2.24, 2.45) is 0 Å². The number of amides is 1. The predicted molar refractivity (Wildman–Crippen MR) is 70.7 cm³/mol. The van der Waals surface area contributed by atoms with Crippen molar-refractivity contribution in [1.82, 2.24) is 20.4 Å². The summed E-state index contributed by atoms with van der Waals surface area (Å²) < 4.78 is 5.20. The predicted octanol–water partition coefficient (Wildman–Crippen LogP) is 1.75. The second-order valence-corrected chi connectivity index (χ2v) is 4.99. The van der Waals surface area contributed by atoms with Crippen molar-refractivity contribution in [2.75, 3.05) is 13.6 Å². The molecule has 6 heteroatoms. The van der Waals surface area contributed by atoms with Gasteiger partial charge in [-0.15, -0.1) is 0 Å². The molecule has 2 heterocycles. The lowest BCUT2D eigenvalue weighted by molar-refractivity contribution is 0.0708. The summed E-state index contributed by atoms with van der Waals surface area (Å²) in [6.07, 6.45) is 3.93. The van der Waals surface area contributed by atoms with Gasteiger partial charge < -0.3 is 14.7 Å². The third kappa shape index (κ3) is 2.94. The second kappa shape index (κ2) is 6.14. The van der Waals surface area contributed by atoms with Gasteiger partial charge in [0.05, 0.1) is 6.04 Å². The maximum absolute atomic E-state index is 12.3. The molecule has 0 aliphatic carbocycles. The van der Waals surface area contributed by atoms with Crippen LogP contribution in [0.25, 0.3) is 0 Å². The second-order valence-electron chi connectivity index (χ2n) is 4.99. The Bertz CT molecular complexity index is 422. The van der Waals surface area contributed by atoms with E-state index in [1.54, 1.807) is 11.9 Å². The molecule has 0 spiro atoms. The van der Waals surface area contributed by atoms with Crippen molar-refractivity contribution < 1.29 is 9.32 Å². The van der Waals surface area contributed by atoms with Crippen molar-refractivity contribution in [3.63, 3.8) is 0 Å². The van der Waals surface area contributed by atoms with Crippen LogP contribution in [0.2, 0.25) is 0 Å². The van der Waals surface area contributed by atoms with Crippen LogP contribution >= 0.6 is 0 Å². The van der Waals surface area contributed by atoms with Gasteiger partial charge in [-0.1, -0.05) is 19.0 Å². The Morgan fingerprint density at radius 1 is 1.53 bits per heavy atom. The van der Waals surface area contributed by atoms with Crippen LogP contribution in [0.15, 0.2) is 4.52 Å². The molecule has 0 bridgehead atoms. The van der Waals surface area contributed by atoms with Crippen LogP contribution in [0, 0.1) is 0 Å². The van der Waals surface area contributed by atoms with Gasteiger partial charge in [0.1, 0.15) is 0 Å². The zero-order valence-electron chi connectivity index (χ0n) is 11.8. The van der Waals surface area contributed by atoms with Crippen LogP contribution in [-0.4, -0.2) is 40.6 Å². The van der Waals surface area contributed by atoms with Crippen LogP contribution < -0.4 is 5.32 Å². The van der Waals surface area contributed by atoms with E-state index in [1.807, 2.05) is 0 Å². The lowest BCUT2D eigenvalue weighted by Crippen LogP contribution is -2.36. The summed E-state index contributed by atoms with van der Waals surface area (Å²) in [6.45, 7) is 5.11. The topological polar surface area (TPSA) is 71.3 Å². The van der Waals surface area contributed by atoms with Crippen LogP contribution in [0.3, 0.4) is 0 Å². The number of rotatable bonds is 5. The minimum absolute atomic E-state index is 0.104. The van der Waals surface area contributed by atoms with Crippen LogP contribution in [0.1, 0.15) is 62.1 Å². The Morgan fingerprint density at radius 2 is 2.26 bits per heavy atom. The molecule has 2 rings (SSSR count). The van der Waals surface area contributed by atoms with Gasteiger partial charge in [-0.25, -0.2) is 0 Å². The minimum atomic E-state index is -0.165. The first-order valence-electron chi connectivity index (χ1n) is 7.01. The van der Waals surface area contributed by atoms with E-state index in [-0.39, 0.29) is 23.8 Å². The zero-order chi connectivity index (χ0) is 13.8. The number of nitrogens with one attached hydrogen (secondary N) is 1. The SMILES string of the molecule is CCC(CC)N(C)C(=O)c1noc(C2CCCN2)n1. The highest BCUT2D eigenvalue weighted by molar-refractivity contribution is 5.90. The molecule has 1 amide bonds. The molecule has 1 aliphatic rings. The Balaban J connectivity index is 2.06. The van der Waals surface area contributed by atoms with E-state index >= 15 is 0 Å². The lowest BCUT2D eigenvalue weighted by atomic mass is 10.1. The van der Waals surface area contributed by atoms with Gasteiger partial charge in [-0.2, -0.15) is 4.98 Å². The summed E-state index contributed by atoms with van der Waals surface area (Å²) in [6, 6.07) is 0.326. The molecular weight excluding hydrogens is 244 g/mol. The molecule has 106 valence electrons. The molecule has 1 fully saturated rings. The summed E-state index contributed by atoms with van der Waals surface area (Å²) >= 11 is 0. The van der Waals surface area contributed by atoms with E-state index in [0.717, 1.165) is 32.2 Å². The number of nitrogens with zero attached hydrogens (tertiary/aromatic N) is 3. The van der Waals surface area contributed by atoms with E-state index in [4.69, 9.17) is 4.52 Å². The summed E-state index contributed by atoms with van der Waals surface area (Å²) in [5.74, 6) is 0.526. The van der Waals surface area contributed by atoms with Gasteiger partial charge in [0.25, 0.3) is 11.7 Å². The van der Waals surface area contributed by atoms with Gasteiger partial charge in [0.15, 0.2) is 0 Å². The van der Waals surface area contributed by atoms with Gasteiger partial charge >= 0.3 is 0 Å². The number of aromatic nitrogens is 2. The average Bonchev–Trinajstić information content (AvgIpc) is 3.09. The highest BCUT2D eigenvalue weighted by Crippen LogP contribution is 2.21. The van der Waals surface area contributed by atoms with E-state index < -0.39 is 0 Å². The van der Waals surface area contributed by atoms with Crippen molar-refractivity contribution in [3.8, 4) is 0 Å². The maximum atomic E-state index is 12.3. The highest BCUT2D eigenvalue weighted by atomic mass is 16.5. The van der Waals surface area contributed by atoms with Gasteiger partial charge in [0, 0.05) is 13.1 Å². The lowest BCUT2D eigenvalue weighted by Gasteiger charge is -2.24. The summed E-state index contributed by atoms with van der Waals surface area (Å²) in [4.78, 5) is 18.2. The van der Waals surface area contributed by atoms with E-state index in [2.05, 4.69) is 29.3 Å². The third-order valence-electron chi connectivity index (χ3n) is 3.80. The van der Waals surface area contributed by atoms with Crippen LogP contribution in [-0.2, 0) is 0 Å². The summed E-state index contributed by atoms with van der Waals surface area (Å²) in [5, 5.41) is 7.09. The fourth-order valence-corrected chi connectivity index (χ4v) is 2.52. The molecular formula is C13H22N4O2. The van der Waals surface area contributed by atoms with Gasteiger partial charge in [-0.3, -0.25) is 4.79 Å².